The maximum absolute atomic E-state index is 12.8. The molecule has 2 rings (SSSR count). The minimum Gasteiger partial charge on any atom is -0.493 e. The van der Waals surface area contributed by atoms with Crippen molar-refractivity contribution in [3.05, 3.63) is 27.8 Å². The zero-order valence-corrected chi connectivity index (χ0v) is 14.8. The van der Waals surface area contributed by atoms with E-state index in [1.807, 2.05) is 0 Å². The molecule has 1 heterocycles. The van der Waals surface area contributed by atoms with Gasteiger partial charge in [0.05, 0.1) is 24.7 Å². The van der Waals surface area contributed by atoms with Crippen LogP contribution in [0.1, 0.15) is 36.0 Å². The third kappa shape index (κ3) is 4.41. The fraction of sp³-hybridized carbons (Fsp3) is 0.529. The van der Waals surface area contributed by atoms with Crippen LogP contribution in [0.15, 0.2) is 12.1 Å². The van der Waals surface area contributed by atoms with Crippen LogP contribution in [-0.2, 0) is 4.79 Å². The molecule has 0 radical (unpaired) electrons. The van der Waals surface area contributed by atoms with Crippen LogP contribution in [0.5, 0.6) is 11.5 Å². The van der Waals surface area contributed by atoms with Crippen LogP contribution in [0.25, 0.3) is 0 Å². The van der Waals surface area contributed by atoms with Gasteiger partial charge in [0.25, 0.3) is 5.91 Å². The van der Waals surface area contributed by atoms with E-state index in [0.717, 1.165) is 12.8 Å². The summed E-state index contributed by atoms with van der Waals surface area (Å²) < 4.78 is 10.2. The van der Waals surface area contributed by atoms with Gasteiger partial charge in [-0.1, -0.05) is 0 Å². The molecule has 0 bridgehead atoms. The van der Waals surface area contributed by atoms with Crippen molar-refractivity contribution in [2.24, 2.45) is 5.92 Å². The average molecular weight is 366 g/mol. The molecule has 0 spiro atoms. The fourth-order valence-corrected chi connectivity index (χ4v) is 3.20. The number of piperidine rings is 1. The molecule has 1 aliphatic heterocycles. The smallest absolute Gasteiger partial charge is 0.315 e. The van der Waals surface area contributed by atoms with Crippen LogP contribution in [0.4, 0.5) is 5.69 Å². The minimum atomic E-state index is -0.857. The first-order valence-corrected chi connectivity index (χ1v) is 8.28. The summed E-state index contributed by atoms with van der Waals surface area (Å²) in [6.45, 7) is 0.971. The zero-order chi connectivity index (χ0) is 19.3. The molecule has 1 aromatic carbocycles. The van der Waals surface area contributed by atoms with Gasteiger partial charge >= 0.3 is 11.7 Å². The van der Waals surface area contributed by atoms with Gasteiger partial charge in [0.1, 0.15) is 0 Å². The number of hydrogen-bond acceptors (Lipinski definition) is 6. The van der Waals surface area contributed by atoms with Gasteiger partial charge in [-0.25, -0.2) is 0 Å². The molecular formula is C17H22N2O7. The lowest BCUT2D eigenvalue weighted by molar-refractivity contribution is -0.385. The van der Waals surface area contributed by atoms with Crippen LogP contribution in [-0.4, -0.2) is 54.1 Å². The highest BCUT2D eigenvalue weighted by Crippen LogP contribution is 2.38. The van der Waals surface area contributed by atoms with Crippen molar-refractivity contribution >= 4 is 17.6 Å². The lowest BCUT2D eigenvalue weighted by Crippen LogP contribution is -2.40. The molecule has 0 saturated carbocycles. The quantitative estimate of drug-likeness (QED) is 0.581. The second-order valence-electron chi connectivity index (χ2n) is 6.18. The summed E-state index contributed by atoms with van der Waals surface area (Å²) >= 11 is 0. The number of methoxy groups -OCH3 is 2. The Hall–Kier alpha value is -2.84. The normalized spacial score (nSPS) is 16.8. The second kappa shape index (κ2) is 8.50. The Labute approximate surface area is 150 Å². The number of hydrogen-bond donors (Lipinski definition) is 1. The monoisotopic (exact) mass is 366 g/mol. The third-order valence-corrected chi connectivity index (χ3v) is 4.48. The highest BCUT2D eigenvalue weighted by atomic mass is 16.6. The maximum atomic E-state index is 12.8. The molecule has 9 nitrogen and oxygen atoms in total. The summed E-state index contributed by atoms with van der Waals surface area (Å²) in [6, 6.07) is 2.61. The van der Waals surface area contributed by atoms with Crippen LogP contribution in [0.3, 0.4) is 0 Å². The predicted octanol–water partition coefficient (Wildman–Crippen LogP) is 2.33. The number of ether oxygens (including phenoxy) is 2. The van der Waals surface area contributed by atoms with Gasteiger partial charge in [-0.15, -0.1) is 0 Å². The number of likely N-dealkylation sites (tertiary alicyclic amines) is 1. The van der Waals surface area contributed by atoms with E-state index in [1.54, 1.807) is 4.90 Å². The highest BCUT2D eigenvalue weighted by Gasteiger charge is 2.29. The van der Waals surface area contributed by atoms with Crippen LogP contribution >= 0.6 is 0 Å². The highest BCUT2D eigenvalue weighted by molar-refractivity contribution is 5.96. The van der Waals surface area contributed by atoms with Crippen molar-refractivity contribution in [3.8, 4) is 11.5 Å². The van der Waals surface area contributed by atoms with E-state index in [9.17, 15) is 19.7 Å². The molecule has 1 aromatic rings. The van der Waals surface area contributed by atoms with Gasteiger partial charge in [-0.2, -0.15) is 0 Å². The maximum Gasteiger partial charge on any atom is 0.315 e. The standard InChI is InChI=1S/C17H22N2O7/c1-25-14-9-12(8-13(19(23)24)16(14)26-2)17(22)18-7-3-4-11(10-18)5-6-15(20)21/h8-9,11H,3-7,10H2,1-2H3,(H,20,21). The van der Waals surface area contributed by atoms with E-state index < -0.39 is 10.9 Å². The number of nitro groups is 1. The van der Waals surface area contributed by atoms with Crippen molar-refractivity contribution in [1.82, 2.24) is 4.90 Å². The Kier molecular flexibility index (Phi) is 6.37. The van der Waals surface area contributed by atoms with Crippen molar-refractivity contribution in [1.29, 1.82) is 0 Å². The Morgan fingerprint density at radius 1 is 1.35 bits per heavy atom. The molecule has 1 N–H and O–H groups in total. The Morgan fingerprint density at radius 2 is 2.08 bits per heavy atom. The van der Waals surface area contributed by atoms with Crippen molar-refractivity contribution in [2.75, 3.05) is 27.3 Å². The SMILES string of the molecule is COc1cc(C(=O)N2CCCC(CCC(=O)O)C2)cc([N+](=O)[O-])c1OC. The molecule has 142 valence electrons. The first-order valence-electron chi connectivity index (χ1n) is 8.28. The van der Waals surface area contributed by atoms with E-state index in [-0.39, 0.29) is 41.0 Å². The Bertz CT molecular complexity index is 705. The molecule has 1 saturated heterocycles. The third-order valence-electron chi connectivity index (χ3n) is 4.48. The molecule has 0 aromatic heterocycles. The number of benzene rings is 1. The van der Waals surface area contributed by atoms with Gasteiger partial charge in [0, 0.05) is 25.6 Å². The number of nitrogens with zero attached hydrogens (tertiary/aromatic N) is 2. The summed E-state index contributed by atoms with van der Waals surface area (Å²) in [5.41, 5.74) is -0.192. The predicted molar refractivity (Wildman–Crippen MR) is 91.7 cm³/mol. The molecule has 9 heteroatoms. The Morgan fingerprint density at radius 3 is 2.65 bits per heavy atom. The van der Waals surface area contributed by atoms with Crippen LogP contribution < -0.4 is 9.47 Å². The average Bonchev–Trinajstić information content (AvgIpc) is 2.64. The van der Waals surface area contributed by atoms with E-state index >= 15 is 0 Å². The first kappa shape index (κ1) is 19.5. The van der Waals surface area contributed by atoms with Crippen molar-refractivity contribution in [3.63, 3.8) is 0 Å². The number of carbonyl (C=O) groups excluding carboxylic acids is 1. The summed E-state index contributed by atoms with van der Waals surface area (Å²) in [7, 11) is 2.64. The van der Waals surface area contributed by atoms with E-state index in [4.69, 9.17) is 14.6 Å². The number of rotatable bonds is 7. The molecule has 1 aliphatic rings. The fourth-order valence-electron chi connectivity index (χ4n) is 3.20. The van der Waals surface area contributed by atoms with Crippen molar-refractivity contribution in [2.45, 2.75) is 25.7 Å². The van der Waals surface area contributed by atoms with E-state index in [0.29, 0.717) is 19.5 Å². The van der Waals surface area contributed by atoms with Crippen molar-refractivity contribution < 1.29 is 29.1 Å². The minimum absolute atomic E-state index is 0.0352. The van der Waals surface area contributed by atoms with Gasteiger partial charge in [-0.3, -0.25) is 19.7 Å². The molecule has 1 unspecified atom stereocenters. The topological polar surface area (TPSA) is 119 Å². The molecule has 0 aliphatic carbocycles. The van der Waals surface area contributed by atoms with Gasteiger partial charge in [0.15, 0.2) is 5.75 Å². The number of carboxylic acids is 1. The van der Waals surface area contributed by atoms with Gasteiger partial charge in [-0.05, 0) is 31.2 Å². The summed E-state index contributed by atoms with van der Waals surface area (Å²) in [5.74, 6) is -1.01. The molecule has 26 heavy (non-hydrogen) atoms. The number of nitro benzene ring substituents is 1. The largest absolute Gasteiger partial charge is 0.493 e. The Balaban J connectivity index is 2.24. The van der Waals surface area contributed by atoms with Crippen LogP contribution in [0, 0.1) is 16.0 Å². The second-order valence-corrected chi connectivity index (χ2v) is 6.18. The molecule has 1 amide bonds. The number of carboxylic acid groups (broad SMARTS) is 1. The lowest BCUT2D eigenvalue weighted by atomic mass is 9.93. The summed E-state index contributed by atoms with van der Waals surface area (Å²) in [5, 5.41) is 20.1. The summed E-state index contributed by atoms with van der Waals surface area (Å²) in [4.78, 5) is 35.8. The van der Waals surface area contributed by atoms with E-state index in [1.165, 1.54) is 26.4 Å². The number of aliphatic carboxylic acids is 1. The zero-order valence-electron chi connectivity index (χ0n) is 14.8. The molecular weight excluding hydrogens is 344 g/mol. The number of carbonyl (C=O) groups is 2. The van der Waals surface area contributed by atoms with Crippen LogP contribution in [0.2, 0.25) is 0 Å². The lowest BCUT2D eigenvalue weighted by Gasteiger charge is -2.32. The van der Waals surface area contributed by atoms with Gasteiger partial charge < -0.3 is 19.5 Å². The summed E-state index contributed by atoms with van der Waals surface area (Å²) in [6.07, 6.45) is 2.20. The molecule has 1 atom stereocenters. The van der Waals surface area contributed by atoms with Gasteiger partial charge in [0.2, 0.25) is 5.75 Å². The van der Waals surface area contributed by atoms with E-state index in [2.05, 4.69) is 0 Å². The first-order chi connectivity index (χ1) is 12.4. The number of amides is 1. The molecule has 1 fully saturated rings.